The summed E-state index contributed by atoms with van der Waals surface area (Å²) in [5, 5.41) is 7.12. The van der Waals surface area contributed by atoms with E-state index in [1.54, 1.807) is 6.07 Å². The normalized spacial score (nSPS) is 17.1. The van der Waals surface area contributed by atoms with Crippen molar-refractivity contribution in [3.63, 3.8) is 0 Å². The van der Waals surface area contributed by atoms with Crippen LogP contribution in [0, 0.1) is 0 Å². The zero-order chi connectivity index (χ0) is 13.9. The summed E-state index contributed by atoms with van der Waals surface area (Å²) in [6, 6.07) is 10.4. The lowest BCUT2D eigenvalue weighted by Crippen LogP contribution is -2.32. The van der Waals surface area contributed by atoms with E-state index in [-0.39, 0.29) is 5.95 Å². The molecule has 0 saturated carbocycles. The lowest BCUT2D eigenvalue weighted by Gasteiger charge is -2.27. The first-order valence-electron chi connectivity index (χ1n) is 6.59. The van der Waals surface area contributed by atoms with Crippen molar-refractivity contribution in [1.82, 2.24) is 9.97 Å². The number of benzene rings is 1. The van der Waals surface area contributed by atoms with Gasteiger partial charge in [0.2, 0.25) is 5.95 Å². The largest absolute Gasteiger partial charge is 0.380 e. The number of rotatable bonds is 3. The molecule has 2 aromatic rings. The van der Waals surface area contributed by atoms with Crippen molar-refractivity contribution in [2.75, 3.05) is 22.9 Å². The molecule has 0 saturated heterocycles. The van der Waals surface area contributed by atoms with Gasteiger partial charge in [-0.05, 0) is 24.5 Å². The molecule has 0 spiro atoms. The number of aromatic nitrogens is 2. The monoisotopic (exact) mass is 289 g/mol. The summed E-state index contributed by atoms with van der Waals surface area (Å²) in [5.74, 6) is 0.838. The van der Waals surface area contributed by atoms with Crippen LogP contribution in [0.1, 0.15) is 12.0 Å². The predicted octanol–water partition coefficient (Wildman–Crippen LogP) is 2.55. The van der Waals surface area contributed by atoms with Crippen molar-refractivity contribution in [2.45, 2.75) is 18.9 Å². The maximum atomic E-state index is 5.85. The molecule has 1 aromatic carbocycles. The molecule has 0 amide bonds. The summed E-state index contributed by atoms with van der Waals surface area (Å²) >= 11 is 5.85. The molecule has 0 aliphatic carbocycles. The molecule has 0 fully saturated rings. The number of para-hydroxylation sites is 1. The van der Waals surface area contributed by atoms with Gasteiger partial charge in [-0.3, -0.25) is 0 Å². The first kappa shape index (κ1) is 13.0. The van der Waals surface area contributed by atoms with Crippen LogP contribution in [-0.2, 0) is 6.42 Å². The Labute approximate surface area is 122 Å². The molecule has 1 unspecified atom stereocenters. The van der Waals surface area contributed by atoms with Gasteiger partial charge in [0.15, 0.2) is 0 Å². The zero-order valence-electron chi connectivity index (χ0n) is 10.9. The van der Waals surface area contributed by atoms with E-state index in [2.05, 4.69) is 38.8 Å². The fourth-order valence-electron chi connectivity index (χ4n) is 2.41. The highest BCUT2D eigenvalue weighted by Gasteiger charge is 2.17. The van der Waals surface area contributed by atoms with Gasteiger partial charge in [0.05, 0.1) is 0 Å². The summed E-state index contributed by atoms with van der Waals surface area (Å²) in [6.45, 7) is 0.765. The van der Waals surface area contributed by atoms with Crippen LogP contribution in [0.25, 0.3) is 0 Å². The molecule has 0 radical (unpaired) electrons. The topological polar surface area (TPSA) is 75.9 Å². The summed E-state index contributed by atoms with van der Waals surface area (Å²) in [4.78, 5) is 7.94. The third kappa shape index (κ3) is 2.93. The molecule has 1 aliphatic rings. The number of halogens is 1. The van der Waals surface area contributed by atoms with Crippen molar-refractivity contribution < 1.29 is 0 Å². The van der Waals surface area contributed by atoms with Crippen molar-refractivity contribution in [1.29, 1.82) is 0 Å². The van der Waals surface area contributed by atoms with Crippen molar-refractivity contribution in [2.24, 2.45) is 0 Å². The van der Waals surface area contributed by atoms with Crippen molar-refractivity contribution in [3.05, 3.63) is 41.0 Å². The molecular formula is C14H16ClN5. The zero-order valence-corrected chi connectivity index (χ0v) is 11.7. The number of anilines is 3. The highest BCUT2D eigenvalue weighted by Crippen LogP contribution is 2.24. The number of hydrogen-bond acceptors (Lipinski definition) is 5. The lowest BCUT2D eigenvalue weighted by atomic mass is 9.98. The van der Waals surface area contributed by atoms with Gasteiger partial charge in [-0.15, -0.1) is 0 Å². The Morgan fingerprint density at radius 2 is 2.20 bits per heavy atom. The Hall–Kier alpha value is -2.01. The van der Waals surface area contributed by atoms with E-state index < -0.39 is 0 Å². The summed E-state index contributed by atoms with van der Waals surface area (Å²) in [5.41, 5.74) is 8.16. The number of nitrogens with zero attached hydrogens (tertiary/aromatic N) is 2. The average Bonchev–Trinajstić information content (AvgIpc) is 2.44. The highest BCUT2D eigenvalue weighted by molar-refractivity contribution is 6.29. The minimum atomic E-state index is 0.182. The minimum absolute atomic E-state index is 0.182. The molecule has 2 heterocycles. The van der Waals surface area contributed by atoms with Crippen LogP contribution in [0.5, 0.6) is 0 Å². The number of nitrogens with two attached hydrogens (primary N) is 1. The van der Waals surface area contributed by atoms with Crippen LogP contribution in [0.15, 0.2) is 30.3 Å². The SMILES string of the molecule is Nc1nc(Cl)cc(NCC2CCc3ccccc3N2)n1. The van der Waals surface area contributed by atoms with Gasteiger partial charge in [0, 0.05) is 24.3 Å². The van der Waals surface area contributed by atoms with Gasteiger partial charge >= 0.3 is 0 Å². The molecule has 1 aromatic heterocycles. The summed E-state index contributed by atoms with van der Waals surface area (Å²) in [7, 11) is 0. The van der Waals surface area contributed by atoms with Crippen LogP contribution >= 0.6 is 11.6 Å². The molecule has 3 rings (SSSR count). The molecule has 104 valence electrons. The van der Waals surface area contributed by atoms with Crippen molar-refractivity contribution >= 4 is 29.1 Å². The molecule has 1 atom stereocenters. The van der Waals surface area contributed by atoms with Gasteiger partial charge in [-0.2, -0.15) is 4.98 Å². The Morgan fingerprint density at radius 1 is 1.35 bits per heavy atom. The number of nitrogens with one attached hydrogen (secondary N) is 2. The second-order valence-corrected chi connectivity index (χ2v) is 5.24. The quantitative estimate of drug-likeness (QED) is 0.757. The van der Waals surface area contributed by atoms with Gasteiger partial charge in [-0.25, -0.2) is 4.98 Å². The summed E-state index contributed by atoms with van der Waals surface area (Å²) in [6.07, 6.45) is 2.17. The molecule has 5 nitrogen and oxygen atoms in total. The first-order valence-corrected chi connectivity index (χ1v) is 6.97. The molecule has 6 heteroatoms. The number of hydrogen-bond donors (Lipinski definition) is 3. The van der Waals surface area contributed by atoms with E-state index in [0.717, 1.165) is 19.4 Å². The van der Waals surface area contributed by atoms with Gasteiger partial charge in [0.25, 0.3) is 0 Å². The average molecular weight is 290 g/mol. The summed E-state index contributed by atoms with van der Waals surface area (Å²) < 4.78 is 0. The van der Waals surface area contributed by atoms with E-state index >= 15 is 0 Å². The van der Waals surface area contributed by atoms with Gasteiger partial charge in [-0.1, -0.05) is 29.8 Å². The molecular weight excluding hydrogens is 274 g/mol. The van der Waals surface area contributed by atoms with Crippen LogP contribution in [0.4, 0.5) is 17.5 Å². The Bertz CT molecular complexity index is 596. The van der Waals surface area contributed by atoms with Crippen LogP contribution in [-0.4, -0.2) is 22.6 Å². The number of nitrogen functional groups attached to an aromatic ring is 1. The number of fused-ring (bicyclic) bond motifs is 1. The Balaban J connectivity index is 1.62. The Kier molecular flexibility index (Phi) is 3.60. The molecule has 1 aliphatic heterocycles. The fraction of sp³-hybridized carbons (Fsp3) is 0.286. The van der Waals surface area contributed by atoms with E-state index in [4.69, 9.17) is 17.3 Å². The van der Waals surface area contributed by atoms with Crippen LogP contribution < -0.4 is 16.4 Å². The second-order valence-electron chi connectivity index (χ2n) is 4.85. The highest BCUT2D eigenvalue weighted by atomic mass is 35.5. The van der Waals surface area contributed by atoms with Crippen LogP contribution in [0.2, 0.25) is 5.15 Å². The van der Waals surface area contributed by atoms with E-state index in [9.17, 15) is 0 Å². The molecule has 20 heavy (non-hydrogen) atoms. The van der Waals surface area contributed by atoms with Gasteiger partial charge in [0.1, 0.15) is 11.0 Å². The Morgan fingerprint density at radius 3 is 3.05 bits per heavy atom. The third-order valence-corrected chi connectivity index (χ3v) is 3.57. The maximum Gasteiger partial charge on any atom is 0.223 e. The fourth-order valence-corrected chi connectivity index (χ4v) is 2.60. The van der Waals surface area contributed by atoms with E-state index in [1.165, 1.54) is 11.3 Å². The van der Waals surface area contributed by atoms with E-state index in [1.807, 2.05) is 6.07 Å². The minimum Gasteiger partial charge on any atom is -0.380 e. The van der Waals surface area contributed by atoms with Crippen molar-refractivity contribution in [3.8, 4) is 0 Å². The lowest BCUT2D eigenvalue weighted by molar-refractivity contribution is 0.653. The predicted molar refractivity (Wildman–Crippen MR) is 82.1 cm³/mol. The van der Waals surface area contributed by atoms with E-state index in [0.29, 0.717) is 17.0 Å². The third-order valence-electron chi connectivity index (χ3n) is 3.38. The second kappa shape index (κ2) is 5.54. The number of aryl methyl sites for hydroxylation is 1. The van der Waals surface area contributed by atoms with Crippen LogP contribution in [0.3, 0.4) is 0 Å². The molecule has 0 bridgehead atoms. The standard InChI is InChI=1S/C14H16ClN5/c15-12-7-13(20-14(16)19-12)17-8-10-6-5-9-3-1-2-4-11(9)18-10/h1-4,7,10,18H,5-6,8H2,(H3,16,17,19,20). The molecule has 4 N–H and O–H groups in total. The smallest absolute Gasteiger partial charge is 0.223 e. The first-order chi connectivity index (χ1) is 9.70. The van der Waals surface area contributed by atoms with Gasteiger partial charge < -0.3 is 16.4 Å². The maximum absolute atomic E-state index is 5.85.